The maximum atomic E-state index is 13.1. The van der Waals surface area contributed by atoms with Gasteiger partial charge in [0.05, 0.1) is 10.6 Å². The van der Waals surface area contributed by atoms with Crippen LogP contribution in [-0.2, 0) is 26.6 Å². The summed E-state index contributed by atoms with van der Waals surface area (Å²) in [5.74, 6) is -2.08. The first-order chi connectivity index (χ1) is 11.8. The Bertz CT molecular complexity index is 973. The Hall–Kier alpha value is -2.67. The van der Waals surface area contributed by atoms with Crippen molar-refractivity contribution in [2.75, 3.05) is 5.75 Å². The number of Topliss-reactive ketones (excluding diaryl/α,β-unsaturated/α-hetero) is 1. The average molecular weight is 359 g/mol. The topological polar surface area (TPSA) is 93.4 Å². The van der Waals surface area contributed by atoms with Gasteiger partial charge in [0, 0.05) is 24.0 Å². The Morgan fingerprint density at radius 3 is 2.72 bits per heavy atom. The van der Waals surface area contributed by atoms with Crippen molar-refractivity contribution in [3.05, 3.63) is 66.5 Å². The summed E-state index contributed by atoms with van der Waals surface area (Å²) < 4.78 is 26.1. The highest BCUT2D eigenvalue weighted by Crippen LogP contribution is 2.39. The van der Waals surface area contributed by atoms with E-state index < -0.39 is 27.0 Å². The van der Waals surface area contributed by atoms with E-state index in [1.807, 2.05) is 0 Å². The molecule has 2 aromatic rings. The normalized spacial score (nSPS) is 19.4. The zero-order valence-electron chi connectivity index (χ0n) is 13.4. The molecular weight excluding hydrogens is 342 g/mol. The zero-order chi connectivity index (χ0) is 18.2. The van der Waals surface area contributed by atoms with E-state index in [0.717, 1.165) is 0 Å². The maximum absolute atomic E-state index is 13.1. The van der Waals surface area contributed by atoms with Crippen LogP contribution in [0.15, 0.2) is 60.1 Å². The molecule has 0 amide bonds. The molecule has 1 atom stereocenters. The standard InChI is InChI=1S/C18H17NO5S/c1-2-11-25(23,24)14-6-3-5-13(12-14)16(20)18(17(21)22)8-10-19-9-4-7-15(18)19/h2-7,9,12H,1,8,10-11H2,(H,21,22). The van der Waals surface area contributed by atoms with Crippen molar-refractivity contribution in [2.45, 2.75) is 23.3 Å². The smallest absolute Gasteiger partial charge is 0.323 e. The SMILES string of the molecule is C=CCS(=O)(=O)c1cccc(C(=O)C2(C(=O)O)CCn3cccc32)c1. The second kappa shape index (κ2) is 6.00. The molecule has 1 aliphatic heterocycles. The third-order valence-electron chi connectivity index (χ3n) is 4.54. The van der Waals surface area contributed by atoms with Crippen LogP contribution in [0.5, 0.6) is 0 Å². The molecule has 0 saturated carbocycles. The minimum atomic E-state index is -3.60. The molecule has 1 aromatic heterocycles. The largest absolute Gasteiger partial charge is 0.480 e. The van der Waals surface area contributed by atoms with Gasteiger partial charge in [0.1, 0.15) is 0 Å². The molecule has 0 radical (unpaired) electrons. The van der Waals surface area contributed by atoms with Gasteiger partial charge in [-0.05, 0) is 30.7 Å². The van der Waals surface area contributed by atoms with Crippen molar-refractivity contribution < 1.29 is 23.1 Å². The van der Waals surface area contributed by atoms with Crippen LogP contribution in [0.3, 0.4) is 0 Å². The average Bonchev–Trinajstić information content (AvgIpc) is 3.16. The fourth-order valence-corrected chi connectivity index (χ4v) is 4.38. The van der Waals surface area contributed by atoms with Crippen molar-refractivity contribution in [1.29, 1.82) is 0 Å². The van der Waals surface area contributed by atoms with Gasteiger partial charge in [0.2, 0.25) is 0 Å². The van der Waals surface area contributed by atoms with Gasteiger partial charge >= 0.3 is 5.97 Å². The lowest BCUT2D eigenvalue weighted by Gasteiger charge is -2.22. The molecule has 6 nitrogen and oxygen atoms in total. The van der Waals surface area contributed by atoms with Crippen LogP contribution in [-0.4, -0.2) is 35.6 Å². The molecular formula is C18H17NO5S. The Balaban J connectivity index is 2.10. The predicted molar refractivity (Wildman–Crippen MR) is 91.4 cm³/mol. The first kappa shape index (κ1) is 17.2. The minimum Gasteiger partial charge on any atom is -0.480 e. The number of aliphatic carboxylic acids is 1. The summed E-state index contributed by atoms with van der Waals surface area (Å²) in [6, 6.07) is 8.86. The fourth-order valence-electron chi connectivity index (χ4n) is 3.28. The highest BCUT2D eigenvalue weighted by molar-refractivity contribution is 7.91. The van der Waals surface area contributed by atoms with E-state index in [9.17, 15) is 23.1 Å². The van der Waals surface area contributed by atoms with Crippen LogP contribution < -0.4 is 0 Å². The van der Waals surface area contributed by atoms with Crippen molar-refractivity contribution in [3.63, 3.8) is 0 Å². The second-order valence-electron chi connectivity index (χ2n) is 5.97. The highest BCUT2D eigenvalue weighted by atomic mass is 32.2. The van der Waals surface area contributed by atoms with Crippen LogP contribution in [0.1, 0.15) is 22.5 Å². The van der Waals surface area contributed by atoms with Crippen molar-refractivity contribution >= 4 is 21.6 Å². The fraction of sp³-hybridized carbons (Fsp3) is 0.222. The summed E-state index contributed by atoms with van der Waals surface area (Å²) in [5, 5.41) is 9.81. The van der Waals surface area contributed by atoms with Gasteiger partial charge in [0.25, 0.3) is 0 Å². The Morgan fingerprint density at radius 1 is 1.28 bits per heavy atom. The zero-order valence-corrected chi connectivity index (χ0v) is 14.2. The van der Waals surface area contributed by atoms with Crippen LogP contribution in [0.25, 0.3) is 0 Å². The Morgan fingerprint density at radius 2 is 2.04 bits per heavy atom. The monoisotopic (exact) mass is 359 g/mol. The van der Waals surface area contributed by atoms with Gasteiger partial charge in [-0.3, -0.25) is 9.59 Å². The van der Waals surface area contributed by atoms with E-state index in [0.29, 0.717) is 12.2 Å². The number of aromatic nitrogens is 1. The number of ketones is 1. The molecule has 7 heteroatoms. The summed E-state index contributed by atoms with van der Waals surface area (Å²) in [6.45, 7) is 3.84. The molecule has 3 rings (SSSR count). The summed E-state index contributed by atoms with van der Waals surface area (Å²) >= 11 is 0. The van der Waals surface area contributed by atoms with E-state index in [1.54, 1.807) is 22.9 Å². The first-order valence-electron chi connectivity index (χ1n) is 7.70. The number of nitrogens with zero attached hydrogens (tertiary/aromatic N) is 1. The van der Waals surface area contributed by atoms with E-state index in [2.05, 4.69) is 6.58 Å². The maximum Gasteiger partial charge on any atom is 0.323 e. The molecule has 1 N–H and O–H groups in total. The number of hydrogen-bond donors (Lipinski definition) is 1. The molecule has 2 heterocycles. The lowest BCUT2D eigenvalue weighted by atomic mass is 9.76. The molecule has 130 valence electrons. The van der Waals surface area contributed by atoms with Crippen molar-refractivity contribution in [1.82, 2.24) is 4.57 Å². The van der Waals surface area contributed by atoms with Gasteiger partial charge in [-0.2, -0.15) is 0 Å². The van der Waals surface area contributed by atoms with Crippen LogP contribution in [0, 0.1) is 0 Å². The van der Waals surface area contributed by atoms with Crippen molar-refractivity contribution in [2.24, 2.45) is 0 Å². The van der Waals surface area contributed by atoms with E-state index >= 15 is 0 Å². The number of carboxylic acids is 1. The quantitative estimate of drug-likeness (QED) is 0.484. The Kier molecular flexibility index (Phi) is 4.12. The number of aryl methyl sites for hydroxylation is 1. The third kappa shape index (κ3) is 2.60. The number of sulfone groups is 1. The van der Waals surface area contributed by atoms with E-state index in [-0.39, 0.29) is 22.6 Å². The van der Waals surface area contributed by atoms with Gasteiger partial charge < -0.3 is 9.67 Å². The lowest BCUT2D eigenvalue weighted by molar-refractivity contribution is -0.141. The van der Waals surface area contributed by atoms with Gasteiger partial charge in [-0.15, -0.1) is 6.58 Å². The minimum absolute atomic E-state index is 0.0211. The van der Waals surface area contributed by atoms with E-state index in [4.69, 9.17) is 0 Å². The first-order valence-corrected chi connectivity index (χ1v) is 9.36. The molecule has 0 fully saturated rings. The molecule has 0 spiro atoms. The summed E-state index contributed by atoms with van der Waals surface area (Å²) in [5.41, 5.74) is -1.20. The number of rotatable bonds is 6. The van der Waals surface area contributed by atoms with Crippen LogP contribution in [0.4, 0.5) is 0 Å². The van der Waals surface area contributed by atoms with Crippen LogP contribution in [0.2, 0.25) is 0 Å². The Labute approximate surface area is 145 Å². The number of fused-ring (bicyclic) bond motifs is 1. The molecule has 1 aliphatic rings. The highest BCUT2D eigenvalue weighted by Gasteiger charge is 2.52. The summed E-state index contributed by atoms with van der Waals surface area (Å²) in [4.78, 5) is 25.1. The molecule has 0 aliphatic carbocycles. The number of benzene rings is 1. The van der Waals surface area contributed by atoms with E-state index in [1.165, 1.54) is 30.3 Å². The molecule has 1 aromatic carbocycles. The number of hydrogen-bond acceptors (Lipinski definition) is 4. The van der Waals surface area contributed by atoms with Crippen molar-refractivity contribution in [3.8, 4) is 0 Å². The molecule has 0 bridgehead atoms. The second-order valence-corrected chi connectivity index (χ2v) is 8.01. The summed E-state index contributed by atoms with van der Waals surface area (Å²) in [7, 11) is -3.60. The van der Waals surface area contributed by atoms with Gasteiger partial charge in [0.15, 0.2) is 21.0 Å². The van der Waals surface area contributed by atoms with Crippen LogP contribution >= 0.6 is 0 Å². The third-order valence-corrected chi connectivity index (χ3v) is 6.19. The molecule has 1 unspecified atom stereocenters. The molecule has 0 saturated heterocycles. The number of carbonyl (C=O) groups is 2. The predicted octanol–water partition coefficient (Wildman–Crippen LogP) is 2.06. The van der Waals surface area contributed by atoms with Gasteiger partial charge in [-0.25, -0.2) is 8.42 Å². The number of carbonyl (C=O) groups excluding carboxylic acids is 1. The lowest BCUT2D eigenvalue weighted by Crippen LogP contribution is -2.42. The number of carboxylic acid groups (broad SMARTS) is 1. The summed E-state index contributed by atoms with van der Waals surface area (Å²) in [6.07, 6.45) is 3.14. The molecule has 25 heavy (non-hydrogen) atoms. The van der Waals surface area contributed by atoms with Gasteiger partial charge in [-0.1, -0.05) is 18.2 Å².